The van der Waals surface area contributed by atoms with Crippen molar-refractivity contribution in [1.29, 1.82) is 0 Å². The zero-order valence-electron chi connectivity index (χ0n) is 13.3. The number of carbonyl (C=O) groups excluding carboxylic acids is 1. The van der Waals surface area contributed by atoms with E-state index < -0.39 is 23.5 Å². The lowest BCUT2D eigenvalue weighted by Crippen LogP contribution is -2.42. The Morgan fingerprint density at radius 3 is 2.67 bits per heavy atom. The number of unbranched alkanes of at least 4 members (excludes halogenated alkanes) is 1. The number of hydrogen-bond acceptors (Lipinski definition) is 4. The van der Waals surface area contributed by atoms with Crippen LogP contribution >= 0.6 is 0 Å². The van der Waals surface area contributed by atoms with Gasteiger partial charge >= 0.3 is 5.97 Å². The molecule has 3 N–H and O–H groups in total. The predicted molar refractivity (Wildman–Crippen MR) is 88.7 cm³/mol. The van der Waals surface area contributed by atoms with E-state index in [0.717, 1.165) is 6.42 Å². The van der Waals surface area contributed by atoms with Gasteiger partial charge in [0.15, 0.2) is 0 Å². The van der Waals surface area contributed by atoms with Crippen LogP contribution in [-0.4, -0.2) is 33.0 Å². The number of aliphatic carboxylic acids is 1. The standard InChI is InChI=1S/C17H19N3O4/c1-2-3-6-14(17(23)24)20-16(22)11-8-9-13(19-15(11)21)12-7-4-5-10-18-12/h4-5,7-10,14H,2-3,6H2,1H3,(H,19,21)(H,20,22)(H,23,24)/t14-/m0/s1. The molecule has 0 saturated heterocycles. The monoisotopic (exact) mass is 329 g/mol. The van der Waals surface area contributed by atoms with E-state index in [1.807, 2.05) is 6.92 Å². The van der Waals surface area contributed by atoms with E-state index in [9.17, 15) is 14.4 Å². The lowest BCUT2D eigenvalue weighted by atomic mass is 10.1. The molecule has 1 amide bonds. The van der Waals surface area contributed by atoms with Crippen molar-refractivity contribution >= 4 is 11.9 Å². The van der Waals surface area contributed by atoms with Crippen molar-refractivity contribution < 1.29 is 14.7 Å². The van der Waals surface area contributed by atoms with Crippen LogP contribution in [0.5, 0.6) is 0 Å². The number of nitrogens with zero attached hydrogens (tertiary/aromatic N) is 1. The van der Waals surface area contributed by atoms with Gasteiger partial charge in [0.25, 0.3) is 11.5 Å². The molecule has 2 aromatic rings. The van der Waals surface area contributed by atoms with Crippen molar-refractivity contribution in [2.24, 2.45) is 0 Å². The maximum absolute atomic E-state index is 12.2. The molecular formula is C17H19N3O4. The molecule has 1 atom stereocenters. The van der Waals surface area contributed by atoms with Crippen molar-refractivity contribution in [1.82, 2.24) is 15.3 Å². The summed E-state index contributed by atoms with van der Waals surface area (Å²) in [6, 6.07) is 7.21. The molecule has 0 unspecified atom stereocenters. The second-order valence-electron chi connectivity index (χ2n) is 5.34. The van der Waals surface area contributed by atoms with E-state index in [1.165, 1.54) is 6.07 Å². The quantitative estimate of drug-likeness (QED) is 0.717. The molecule has 2 heterocycles. The summed E-state index contributed by atoms with van der Waals surface area (Å²) in [6.07, 6.45) is 3.41. The van der Waals surface area contributed by atoms with Gasteiger partial charge in [-0.25, -0.2) is 4.79 Å². The number of H-pyrrole nitrogens is 1. The number of hydrogen-bond donors (Lipinski definition) is 3. The van der Waals surface area contributed by atoms with Gasteiger partial charge in [0.1, 0.15) is 11.6 Å². The zero-order valence-corrected chi connectivity index (χ0v) is 13.3. The molecule has 0 aliphatic heterocycles. The first-order valence-corrected chi connectivity index (χ1v) is 7.71. The van der Waals surface area contributed by atoms with Crippen molar-refractivity contribution in [3.8, 4) is 11.4 Å². The molecular weight excluding hydrogens is 310 g/mol. The molecule has 126 valence electrons. The Morgan fingerprint density at radius 1 is 1.29 bits per heavy atom. The molecule has 0 aromatic carbocycles. The zero-order chi connectivity index (χ0) is 17.5. The number of nitrogens with one attached hydrogen (secondary N) is 2. The average molecular weight is 329 g/mol. The summed E-state index contributed by atoms with van der Waals surface area (Å²) in [7, 11) is 0. The summed E-state index contributed by atoms with van der Waals surface area (Å²) in [5.41, 5.74) is 0.346. The topological polar surface area (TPSA) is 112 Å². The van der Waals surface area contributed by atoms with E-state index in [-0.39, 0.29) is 5.56 Å². The van der Waals surface area contributed by atoms with Crippen molar-refractivity contribution in [3.63, 3.8) is 0 Å². The maximum Gasteiger partial charge on any atom is 0.326 e. The van der Waals surface area contributed by atoms with E-state index in [4.69, 9.17) is 5.11 Å². The van der Waals surface area contributed by atoms with E-state index >= 15 is 0 Å². The Hall–Kier alpha value is -2.96. The number of pyridine rings is 2. The summed E-state index contributed by atoms with van der Waals surface area (Å²) in [5, 5.41) is 11.5. The molecule has 7 heteroatoms. The van der Waals surface area contributed by atoms with Gasteiger partial charge < -0.3 is 15.4 Å². The molecule has 0 radical (unpaired) electrons. The number of aromatic amines is 1. The van der Waals surface area contributed by atoms with E-state index in [2.05, 4.69) is 15.3 Å². The van der Waals surface area contributed by atoms with Crippen molar-refractivity contribution in [2.45, 2.75) is 32.2 Å². The third-order valence-corrected chi connectivity index (χ3v) is 3.54. The fourth-order valence-electron chi connectivity index (χ4n) is 2.23. The van der Waals surface area contributed by atoms with Crippen LogP contribution in [0, 0.1) is 0 Å². The SMILES string of the molecule is CCCC[C@H](NC(=O)c1ccc(-c2ccccn2)[nH]c1=O)C(=O)O. The van der Waals surface area contributed by atoms with Gasteiger partial charge in [0.05, 0.1) is 11.4 Å². The highest BCUT2D eigenvalue weighted by molar-refractivity contribution is 5.96. The summed E-state index contributed by atoms with van der Waals surface area (Å²) in [4.78, 5) is 42.2. The van der Waals surface area contributed by atoms with Gasteiger partial charge in [-0.3, -0.25) is 14.6 Å². The molecule has 0 aliphatic carbocycles. The highest BCUT2D eigenvalue weighted by Crippen LogP contribution is 2.11. The highest BCUT2D eigenvalue weighted by Gasteiger charge is 2.21. The third-order valence-electron chi connectivity index (χ3n) is 3.54. The van der Waals surface area contributed by atoms with Gasteiger partial charge in [-0.15, -0.1) is 0 Å². The first-order valence-electron chi connectivity index (χ1n) is 7.71. The number of amides is 1. The molecule has 0 spiro atoms. The lowest BCUT2D eigenvalue weighted by molar-refractivity contribution is -0.139. The molecule has 0 fully saturated rings. The summed E-state index contributed by atoms with van der Waals surface area (Å²) >= 11 is 0. The minimum Gasteiger partial charge on any atom is -0.480 e. The van der Waals surface area contributed by atoms with Crippen molar-refractivity contribution in [3.05, 3.63) is 52.4 Å². The highest BCUT2D eigenvalue weighted by atomic mass is 16.4. The van der Waals surface area contributed by atoms with Crippen LogP contribution in [0.2, 0.25) is 0 Å². The Morgan fingerprint density at radius 2 is 2.08 bits per heavy atom. The second-order valence-corrected chi connectivity index (χ2v) is 5.34. The van der Waals surface area contributed by atoms with E-state index in [0.29, 0.717) is 24.2 Å². The van der Waals surface area contributed by atoms with Crippen LogP contribution < -0.4 is 10.9 Å². The molecule has 2 rings (SSSR count). The van der Waals surface area contributed by atoms with Crippen LogP contribution in [0.15, 0.2) is 41.3 Å². The first-order chi connectivity index (χ1) is 11.5. The van der Waals surface area contributed by atoms with Crippen molar-refractivity contribution in [2.75, 3.05) is 0 Å². The van der Waals surface area contributed by atoms with Gasteiger partial charge in [0, 0.05) is 6.20 Å². The van der Waals surface area contributed by atoms with E-state index in [1.54, 1.807) is 30.5 Å². The molecule has 7 nitrogen and oxygen atoms in total. The fourth-order valence-corrected chi connectivity index (χ4v) is 2.23. The van der Waals surface area contributed by atoms with Gasteiger partial charge in [-0.05, 0) is 30.7 Å². The number of carbonyl (C=O) groups is 2. The molecule has 24 heavy (non-hydrogen) atoms. The maximum atomic E-state index is 12.2. The Bertz CT molecular complexity index is 771. The van der Waals surface area contributed by atoms with Crippen LogP contribution in [0.25, 0.3) is 11.4 Å². The van der Waals surface area contributed by atoms with Crippen LogP contribution in [0.1, 0.15) is 36.5 Å². The molecule has 0 bridgehead atoms. The van der Waals surface area contributed by atoms with Crippen LogP contribution in [0.3, 0.4) is 0 Å². The first kappa shape index (κ1) is 17.4. The Labute approximate surface area is 138 Å². The van der Waals surface area contributed by atoms with Crippen LogP contribution in [0.4, 0.5) is 0 Å². The van der Waals surface area contributed by atoms with Gasteiger partial charge in [0.2, 0.25) is 0 Å². The molecule has 2 aromatic heterocycles. The van der Waals surface area contributed by atoms with Crippen LogP contribution in [-0.2, 0) is 4.79 Å². The predicted octanol–water partition coefficient (Wildman–Crippen LogP) is 1.81. The lowest BCUT2D eigenvalue weighted by Gasteiger charge is -2.13. The smallest absolute Gasteiger partial charge is 0.326 e. The minimum absolute atomic E-state index is 0.127. The third kappa shape index (κ3) is 4.28. The number of carboxylic acids is 1. The second kappa shape index (κ2) is 8.05. The summed E-state index contributed by atoms with van der Waals surface area (Å²) in [5.74, 6) is -1.81. The Kier molecular flexibility index (Phi) is 5.83. The molecule has 0 saturated carbocycles. The van der Waals surface area contributed by atoms with Gasteiger partial charge in [-0.1, -0.05) is 25.8 Å². The number of carboxylic acid groups (broad SMARTS) is 1. The largest absolute Gasteiger partial charge is 0.480 e. The normalized spacial score (nSPS) is 11.7. The average Bonchev–Trinajstić information content (AvgIpc) is 2.58. The number of rotatable bonds is 7. The fraction of sp³-hybridized carbons (Fsp3) is 0.294. The number of aromatic nitrogens is 2. The summed E-state index contributed by atoms with van der Waals surface area (Å²) in [6.45, 7) is 1.93. The van der Waals surface area contributed by atoms with Gasteiger partial charge in [-0.2, -0.15) is 0 Å². The Balaban J connectivity index is 2.18. The molecule has 0 aliphatic rings. The minimum atomic E-state index is -1.11. The summed E-state index contributed by atoms with van der Waals surface area (Å²) < 4.78 is 0.